The molecular formula is C23H29N5O2. The molecule has 0 aliphatic heterocycles. The van der Waals surface area contributed by atoms with Crippen molar-refractivity contribution in [1.29, 1.82) is 0 Å². The molecule has 3 rings (SSSR count). The fourth-order valence-corrected chi connectivity index (χ4v) is 2.96. The highest BCUT2D eigenvalue weighted by molar-refractivity contribution is 5.93. The van der Waals surface area contributed by atoms with Crippen molar-refractivity contribution in [3.63, 3.8) is 0 Å². The minimum atomic E-state index is 0.539. The summed E-state index contributed by atoms with van der Waals surface area (Å²) in [6.45, 7) is 4.66. The van der Waals surface area contributed by atoms with Crippen molar-refractivity contribution in [3.05, 3.63) is 72.8 Å². The monoisotopic (exact) mass is 407 g/mol. The number of methoxy groups -OCH3 is 1. The number of nitrogens with one attached hydrogen (secondary N) is 2. The second-order valence-corrected chi connectivity index (χ2v) is 6.64. The lowest BCUT2D eigenvalue weighted by atomic mass is 10.2. The second-order valence-electron chi connectivity index (χ2n) is 6.64. The molecule has 0 bridgehead atoms. The number of rotatable bonds is 10. The van der Waals surface area contributed by atoms with Gasteiger partial charge in [-0.3, -0.25) is 0 Å². The van der Waals surface area contributed by atoms with Gasteiger partial charge in [0.2, 0.25) is 0 Å². The molecule has 7 heteroatoms. The number of hydrogen-bond acceptors (Lipinski definition) is 4. The molecule has 0 fully saturated rings. The van der Waals surface area contributed by atoms with Crippen LogP contribution in [0.15, 0.2) is 72.2 Å². The van der Waals surface area contributed by atoms with Crippen LogP contribution >= 0.6 is 0 Å². The molecule has 2 aromatic carbocycles. The summed E-state index contributed by atoms with van der Waals surface area (Å²) >= 11 is 0. The van der Waals surface area contributed by atoms with Crippen LogP contribution in [0.25, 0.3) is 5.69 Å². The normalized spacial score (nSPS) is 11.3. The third-order valence-electron chi connectivity index (χ3n) is 4.38. The first-order valence-corrected chi connectivity index (χ1v) is 10.1. The van der Waals surface area contributed by atoms with E-state index in [1.54, 1.807) is 19.6 Å². The molecule has 2 N–H and O–H groups in total. The number of guanidine groups is 1. The molecule has 7 nitrogen and oxygen atoms in total. The molecule has 158 valence electrons. The Morgan fingerprint density at radius 3 is 2.83 bits per heavy atom. The van der Waals surface area contributed by atoms with E-state index in [9.17, 15) is 0 Å². The maximum atomic E-state index is 5.79. The number of imidazole rings is 1. The average Bonchev–Trinajstić information content (AvgIpc) is 3.31. The Morgan fingerprint density at radius 1 is 1.13 bits per heavy atom. The van der Waals surface area contributed by atoms with Crippen LogP contribution in [0.3, 0.4) is 0 Å². The number of aliphatic imine (C=N–C) groups is 1. The maximum absolute atomic E-state index is 5.79. The summed E-state index contributed by atoms with van der Waals surface area (Å²) in [5.41, 5.74) is 3.10. The lowest BCUT2D eigenvalue weighted by Gasteiger charge is -2.14. The molecule has 0 saturated heterocycles. The molecule has 30 heavy (non-hydrogen) atoms. The summed E-state index contributed by atoms with van der Waals surface area (Å²) in [6, 6.07) is 16.1. The van der Waals surface area contributed by atoms with Crippen molar-refractivity contribution in [2.45, 2.75) is 19.9 Å². The van der Waals surface area contributed by atoms with Crippen LogP contribution in [0.1, 0.15) is 18.9 Å². The molecule has 1 aromatic heterocycles. The van der Waals surface area contributed by atoms with Crippen molar-refractivity contribution < 1.29 is 9.47 Å². The van der Waals surface area contributed by atoms with Gasteiger partial charge in [0.25, 0.3) is 0 Å². The summed E-state index contributed by atoms with van der Waals surface area (Å²) in [7, 11) is 1.69. The lowest BCUT2D eigenvalue weighted by Crippen LogP contribution is -2.30. The van der Waals surface area contributed by atoms with Crippen LogP contribution in [0.2, 0.25) is 0 Å². The van der Waals surface area contributed by atoms with Gasteiger partial charge in [-0.25, -0.2) is 9.98 Å². The molecule has 0 amide bonds. The van der Waals surface area contributed by atoms with E-state index < -0.39 is 0 Å². The number of nitrogens with zero attached hydrogens (tertiary/aromatic N) is 3. The van der Waals surface area contributed by atoms with Gasteiger partial charge in [0.15, 0.2) is 5.96 Å². The Kier molecular flexibility index (Phi) is 8.29. The van der Waals surface area contributed by atoms with Crippen LogP contribution in [-0.4, -0.2) is 42.4 Å². The van der Waals surface area contributed by atoms with E-state index >= 15 is 0 Å². The fourth-order valence-electron chi connectivity index (χ4n) is 2.96. The second kappa shape index (κ2) is 11.6. The zero-order valence-electron chi connectivity index (χ0n) is 17.5. The fraction of sp³-hybridized carbons (Fsp3) is 0.304. The van der Waals surface area contributed by atoms with Crippen molar-refractivity contribution in [1.82, 2.24) is 14.9 Å². The van der Waals surface area contributed by atoms with E-state index in [4.69, 9.17) is 14.5 Å². The predicted octanol–water partition coefficient (Wildman–Crippen LogP) is 3.87. The van der Waals surface area contributed by atoms with Crippen LogP contribution < -0.4 is 15.4 Å². The van der Waals surface area contributed by atoms with E-state index in [-0.39, 0.29) is 0 Å². The lowest BCUT2D eigenvalue weighted by molar-refractivity contribution is 0.172. The van der Waals surface area contributed by atoms with E-state index in [1.165, 1.54) is 0 Å². The minimum absolute atomic E-state index is 0.539. The molecule has 0 spiro atoms. The average molecular weight is 408 g/mol. The number of para-hydroxylation sites is 1. The molecule has 0 atom stereocenters. The molecule has 0 aliphatic carbocycles. The third-order valence-corrected chi connectivity index (χ3v) is 4.38. The standard InChI is InChI=1S/C23H29N5O2/c1-3-25-23(27-20-9-6-10-21(16-20)30-15-7-14-29-2)26-17-19-8-4-5-11-22(19)28-13-12-24-18-28/h4-6,8-13,16,18H,3,7,14-15,17H2,1-2H3,(H2,25,26,27). The molecule has 0 aliphatic rings. The molecule has 1 heterocycles. The Labute approximate surface area is 177 Å². The topological polar surface area (TPSA) is 72.7 Å². The van der Waals surface area contributed by atoms with Gasteiger partial charge < -0.3 is 24.7 Å². The quantitative estimate of drug-likeness (QED) is 0.303. The van der Waals surface area contributed by atoms with E-state index in [2.05, 4.69) is 27.8 Å². The number of hydrogen-bond donors (Lipinski definition) is 2. The Balaban J connectivity index is 1.69. The zero-order valence-corrected chi connectivity index (χ0v) is 17.5. The molecule has 0 radical (unpaired) electrons. The van der Waals surface area contributed by atoms with Gasteiger partial charge in [0.05, 0.1) is 25.2 Å². The number of aromatic nitrogens is 2. The summed E-state index contributed by atoms with van der Waals surface area (Å²) in [6.07, 6.45) is 6.36. The van der Waals surface area contributed by atoms with Gasteiger partial charge in [-0.05, 0) is 30.7 Å². The molecule has 3 aromatic rings. The van der Waals surface area contributed by atoms with E-state index in [0.717, 1.165) is 41.6 Å². The highest BCUT2D eigenvalue weighted by Crippen LogP contribution is 2.18. The SMILES string of the molecule is CCNC(=NCc1ccccc1-n1ccnc1)Nc1cccc(OCCCOC)c1. The highest BCUT2D eigenvalue weighted by atomic mass is 16.5. The summed E-state index contributed by atoms with van der Waals surface area (Å²) in [5.74, 6) is 1.53. The first-order valence-electron chi connectivity index (χ1n) is 10.1. The largest absolute Gasteiger partial charge is 0.493 e. The van der Waals surface area contributed by atoms with Crippen LogP contribution in [0, 0.1) is 0 Å². The van der Waals surface area contributed by atoms with Crippen molar-refractivity contribution in [2.24, 2.45) is 4.99 Å². The van der Waals surface area contributed by atoms with Crippen molar-refractivity contribution in [3.8, 4) is 11.4 Å². The number of anilines is 1. The van der Waals surface area contributed by atoms with Crippen molar-refractivity contribution >= 4 is 11.6 Å². The van der Waals surface area contributed by atoms with Crippen LogP contribution in [0.5, 0.6) is 5.75 Å². The molecular weight excluding hydrogens is 378 g/mol. The summed E-state index contributed by atoms with van der Waals surface area (Å²) in [5, 5.41) is 6.66. The smallest absolute Gasteiger partial charge is 0.196 e. The van der Waals surface area contributed by atoms with Gasteiger partial charge in [-0.15, -0.1) is 0 Å². The summed E-state index contributed by atoms with van der Waals surface area (Å²) < 4.78 is 12.8. The van der Waals surface area contributed by atoms with Gasteiger partial charge in [-0.2, -0.15) is 0 Å². The Bertz CT molecular complexity index is 925. The third kappa shape index (κ3) is 6.35. The predicted molar refractivity (Wildman–Crippen MR) is 120 cm³/mol. The minimum Gasteiger partial charge on any atom is -0.493 e. The maximum Gasteiger partial charge on any atom is 0.196 e. The zero-order chi connectivity index (χ0) is 21.0. The van der Waals surface area contributed by atoms with Crippen LogP contribution in [0.4, 0.5) is 5.69 Å². The first-order chi connectivity index (χ1) is 14.8. The van der Waals surface area contributed by atoms with Crippen molar-refractivity contribution in [2.75, 3.05) is 32.2 Å². The number of ether oxygens (including phenoxy) is 2. The Morgan fingerprint density at radius 2 is 2.03 bits per heavy atom. The van der Waals surface area contributed by atoms with Gasteiger partial charge in [0, 0.05) is 50.8 Å². The van der Waals surface area contributed by atoms with E-state index in [0.29, 0.717) is 19.8 Å². The van der Waals surface area contributed by atoms with E-state index in [1.807, 2.05) is 54.1 Å². The molecule has 0 unspecified atom stereocenters. The van der Waals surface area contributed by atoms with Gasteiger partial charge in [-0.1, -0.05) is 24.3 Å². The first kappa shape index (κ1) is 21.4. The van der Waals surface area contributed by atoms with Gasteiger partial charge >= 0.3 is 0 Å². The number of benzene rings is 2. The molecule has 0 saturated carbocycles. The van der Waals surface area contributed by atoms with Gasteiger partial charge in [0.1, 0.15) is 5.75 Å². The van der Waals surface area contributed by atoms with Crippen LogP contribution in [-0.2, 0) is 11.3 Å². The highest BCUT2D eigenvalue weighted by Gasteiger charge is 2.05. The summed E-state index contributed by atoms with van der Waals surface area (Å²) in [4.78, 5) is 8.91. The Hall–Kier alpha value is -3.32.